The number of aliphatic hydroxyl groups is 2. The van der Waals surface area contributed by atoms with E-state index in [1.54, 1.807) is 13.0 Å². The van der Waals surface area contributed by atoms with Crippen molar-refractivity contribution in [1.29, 1.82) is 0 Å². The Balaban J connectivity index is 2.52. The quantitative estimate of drug-likeness (QED) is 0.620. The molecule has 2 rings (SSSR count). The van der Waals surface area contributed by atoms with Gasteiger partial charge in [-0.1, -0.05) is 47.1 Å². The van der Waals surface area contributed by atoms with Crippen molar-refractivity contribution in [3.63, 3.8) is 0 Å². The Morgan fingerprint density at radius 3 is 2.26 bits per heavy atom. The molecule has 0 saturated heterocycles. The molecular weight excluding hydrogens is 340 g/mol. The first kappa shape index (κ1) is 22.2. The van der Waals surface area contributed by atoms with E-state index in [0.717, 1.165) is 24.8 Å². The molecule has 4 nitrogen and oxygen atoms in total. The van der Waals surface area contributed by atoms with Crippen LogP contribution in [0, 0.1) is 24.7 Å². The van der Waals surface area contributed by atoms with E-state index >= 15 is 0 Å². The molecule has 0 heterocycles. The fraction of sp³-hybridized carbons (Fsp3) is 0.739. The van der Waals surface area contributed by atoms with Gasteiger partial charge in [0.2, 0.25) is 5.79 Å². The average molecular weight is 379 g/mol. The van der Waals surface area contributed by atoms with Crippen LogP contribution in [-0.4, -0.2) is 27.5 Å². The van der Waals surface area contributed by atoms with Crippen molar-refractivity contribution in [3.8, 4) is 5.75 Å². The van der Waals surface area contributed by atoms with Gasteiger partial charge in [0.25, 0.3) is 0 Å². The lowest BCUT2D eigenvalue weighted by atomic mass is 9.75. The molecule has 1 aliphatic rings. The van der Waals surface area contributed by atoms with Gasteiger partial charge >= 0.3 is 0 Å². The minimum Gasteiger partial charge on any atom is -0.508 e. The highest BCUT2D eigenvalue weighted by molar-refractivity contribution is 5.47. The highest BCUT2D eigenvalue weighted by atomic mass is 16.6. The molecule has 0 radical (unpaired) electrons. The molecule has 3 N–H and O–H groups in total. The molecule has 1 aromatic rings. The van der Waals surface area contributed by atoms with Crippen LogP contribution >= 0.6 is 0 Å². The average Bonchev–Trinajstić information content (AvgIpc) is 2.52. The Hall–Kier alpha value is -1.10. The molecule has 0 spiro atoms. The van der Waals surface area contributed by atoms with Crippen LogP contribution in [0.5, 0.6) is 5.75 Å². The molecule has 4 heteroatoms. The maximum absolute atomic E-state index is 11.6. The SMILES string of the molecule is Cc1cc(O)c(C(C)C)c(C(O)(OC2CC(C)CCC2C(C)C)C(C)O)c1. The summed E-state index contributed by atoms with van der Waals surface area (Å²) in [7, 11) is 0. The highest BCUT2D eigenvalue weighted by Gasteiger charge is 2.44. The van der Waals surface area contributed by atoms with Gasteiger partial charge in [0, 0.05) is 11.1 Å². The van der Waals surface area contributed by atoms with Gasteiger partial charge in [-0.05, 0) is 62.0 Å². The summed E-state index contributed by atoms with van der Waals surface area (Å²) in [5, 5.41) is 32.7. The van der Waals surface area contributed by atoms with Gasteiger partial charge in [-0.3, -0.25) is 0 Å². The molecule has 0 aliphatic heterocycles. The lowest BCUT2D eigenvalue weighted by molar-refractivity contribution is -0.298. The van der Waals surface area contributed by atoms with Gasteiger partial charge < -0.3 is 20.1 Å². The lowest BCUT2D eigenvalue weighted by Gasteiger charge is -2.43. The molecule has 0 bridgehead atoms. The van der Waals surface area contributed by atoms with Crippen molar-refractivity contribution in [2.75, 3.05) is 0 Å². The Bertz CT molecular complexity index is 638. The number of rotatable bonds is 6. The van der Waals surface area contributed by atoms with Crippen LogP contribution in [0.3, 0.4) is 0 Å². The number of benzene rings is 1. The van der Waals surface area contributed by atoms with Crippen LogP contribution in [0.25, 0.3) is 0 Å². The molecule has 1 aromatic carbocycles. The van der Waals surface area contributed by atoms with Crippen molar-refractivity contribution in [2.24, 2.45) is 17.8 Å². The number of phenols is 1. The zero-order valence-electron chi connectivity index (χ0n) is 18.0. The zero-order chi connectivity index (χ0) is 20.5. The number of aliphatic hydroxyl groups excluding tert-OH is 1. The predicted molar refractivity (Wildman–Crippen MR) is 109 cm³/mol. The van der Waals surface area contributed by atoms with Gasteiger partial charge in [0.15, 0.2) is 0 Å². The van der Waals surface area contributed by atoms with E-state index in [0.29, 0.717) is 28.9 Å². The van der Waals surface area contributed by atoms with Gasteiger partial charge in [-0.2, -0.15) is 0 Å². The molecule has 0 aromatic heterocycles. The summed E-state index contributed by atoms with van der Waals surface area (Å²) in [6.45, 7) is 14.0. The van der Waals surface area contributed by atoms with Crippen molar-refractivity contribution in [2.45, 2.75) is 91.6 Å². The van der Waals surface area contributed by atoms with Gasteiger partial charge in [0.05, 0.1) is 6.10 Å². The van der Waals surface area contributed by atoms with Crippen LogP contribution in [0.1, 0.15) is 83.4 Å². The molecule has 5 atom stereocenters. The summed E-state index contributed by atoms with van der Waals surface area (Å²) in [5.74, 6) is -0.416. The van der Waals surface area contributed by atoms with E-state index < -0.39 is 11.9 Å². The standard InChI is InChI=1S/C23H38O4/c1-13(2)18-9-8-15(5)12-21(18)27-23(26,17(7)24)19-10-16(6)11-20(25)22(19)14(3)4/h10-11,13-15,17-18,21,24-26H,8-9,12H2,1-7H3. The number of hydrogen-bond donors (Lipinski definition) is 3. The number of ether oxygens (including phenoxy) is 1. The topological polar surface area (TPSA) is 69.9 Å². The molecular formula is C23H38O4. The van der Waals surface area contributed by atoms with Gasteiger partial charge in [-0.25, -0.2) is 0 Å². The molecule has 0 amide bonds. The smallest absolute Gasteiger partial charge is 0.219 e. The Kier molecular flexibility index (Phi) is 6.99. The Labute approximate surface area is 164 Å². The molecule has 5 unspecified atom stereocenters. The van der Waals surface area contributed by atoms with Crippen LogP contribution in [0.2, 0.25) is 0 Å². The van der Waals surface area contributed by atoms with Crippen LogP contribution < -0.4 is 0 Å². The summed E-state index contributed by atoms with van der Waals surface area (Å²) < 4.78 is 6.37. The summed E-state index contributed by atoms with van der Waals surface area (Å²) in [5.41, 5.74) is 1.94. The van der Waals surface area contributed by atoms with Gasteiger partial charge in [0.1, 0.15) is 11.9 Å². The maximum Gasteiger partial charge on any atom is 0.219 e. The third-order valence-corrected chi connectivity index (χ3v) is 6.12. The number of phenolic OH excluding ortho intramolecular Hbond substituents is 1. The predicted octanol–water partition coefficient (Wildman–Crippen LogP) is 4.83. The second-order valence-corrected chi connectivity index (χ2v) is 9.25. The minimum absolute atomic E-state index is 0.0133. The second-order valence-electron chi connectivity index (χ2n) is 9.25. The van der Waals surface area contributed by atoms with E-state index in [-0.39, 0.29) is 17.8 Å². The Morgan fingerprint density at radius 1 is 1.11 bits per heavy atom. The zero-order valence-corrected chi connectivity index (χ0v) is 18.0. The summed E-state index contributed by atoms with van der Waals surface area (Å²) in [4.78, 5) is 0. The van der Waals surface area contributed by atoms with Crippen molar-refractivity contribution < 1.29 is 20.1 Å². The normalized spacial score (nSPS) is 27.0. The summed E-state index contributed by atoms with van der Waals surface area (Å²) in [6.07, 6.45) is 1.85. The largest absolute Gasteiger partial charge is 0.508 e. The van der Waals surface area contributed by atoms with Crippen LogP contribution in [0.15, 0.2) is 12.1 Å². The molecule has 27 heavy (non-hydrogen) atoms. The van der Waals surface area contributed by atoms with Crippen LogP contribution in [-0.2, 0) is 10.5 Å². The first-order valence-electron chi connectivity index (χ1n) is 10.4. The number of hydrogen-bond acceptors (Lipinski definition) is 4. The van der Waals surface area contributed by atoms with Crippen molar-refractivity contribution >= 4 is 0 Å². The third-order valence-electron chi connectivity index (χ3n) is 6.12. The fourth-order valence-corrected chi connectivity index (χ4v) is 4.55. The van der Waals surface area contributed by atoms with Gasteiger partial charge in [-0.15, -0.1) is 0 Å². The summed E-state index contributed by atoms with van der Waals surface area (Å²) in [6, 6.07) is 3.53. The molecule has 154 valence electrons. The minimum atomic E-state index is -1.85. The molecule has 1 saturated carbocycles. The lowest BCUT2D eigenvalue weighted by Crippen LogP contribution is -2.48. The first-order valence-corrected chi connectivity index (χ1v) is 10.4. The van der Waals surface area contributed by atoms with E-state index in [4.69, 9.17) is 4.74 Å². The first-order chi connectivity index (χ1) is 12.5. The number of aromatic hydroxyl groups is 1. The summed E-state index contributed by atoms with van der Waals surface area (Å²) >= 11 is 0. The van der Waals surface area contributed by atoms with Crippen molar-refractivity contribution in [3.05, 3.63) is 28.8 Å². The second kappa shape index (κ2) is 8.50. The number of aryl methyl sites for hydroxylation is 1. The maximum atomic E-state index is 11.6. The van der Waals surface area contributed by atoms with E-state index in [2.05, 4.69) is 20.8 Å². The van der Waals surface area contributed by atoms with E-state index in [1.165, 1.54) is 0 Å². The Morgan fingerprint density at radius 2 is 1.74 bits per heavy atom. The molecule has 1 aliphatic carbocycles. The van der Waals surface area contributed by atoms with E-state index in [9.17, 15) is 15.3 Å². The van der Waals surface area contributed by atoms with Crippen LogP contribution in [0.4, 0.5) is 0 Å². The highest BCUT2D eigenvalue weighted by Crippen LogP contribution is 2.43. The monoisotopic (exact) mass is 378 g/mol. The molecule has 1 fully saturated rings. The van der Waals surface area contributed by atoms with Crippen molar-refractivity contribution in [1.82, 2.24) is 0 Å². The third kappa shape index (κ3) is 4.67. The fourth-order valence-electron chi connectivity index (χ4n) is 4.55. The van der Waals surface area contributed by atoms with E-state index in [1.807, 2.05) is 26.8 Å².